The molecule has 0 aliphatic rings. The molecule has 0 amide bonds. The molecule has 8 rings (SSSR count). The molecule has 2 heterocycles. The maximum absolute atomic E-state index is 6.28. The standard InChI is InChI=1S/C39H32OS/c1-23(25-14-16-33-31(20-25)37-29-11-6-5-9-24(29)13-17-34(37)40-33)19-26-21-36-38(30-12-8-7-10-28(26)30)32-22-27(39(2,3)4)15-18-35(32)41-36/h5-18,20-23H,19H2,1-4H3. The van der Waals surface area contributed by atoms with Gasteiger partial charge in [0.15, 0.2) is 0 Å². The Morgan fingerprint density at radius 2 is 1.39 bits per heavy atom. The number of furan rings is 1. The van der Waals surface area contributed by atoms with Crippen LogP contribution in [-0.2, 0) is 11.8 Å². The maximum atomic E-state index is 6.28. The molecule has 0 spiro atoms. The first kappa shape index (κ1) is 24.6. The molecule has 1 nitrogen and oxygen atoms in total. The predicted octanol–water partition coefficient (Wildman–Crippen LogP) is 11.9. The van der Waals surface area contributed by atoms with Gasteiger partial charge in [-0.05, 0) is 92.4 Å². The number of fused-ring (bicyclic) bond motifs is 10. The van der Waals surface area contributed by atoms with Gasteiger partial charge in [0.1, 0.15) is 11.2 Å². The van der Waals surface area contributed by atoms with Crippen LogP contribution in [0.4, 0.5) is 0 Å². The Kier molecular flexibility index (Phi) is 5.37. The zero-order valence-corrected chi connectivity index (χ0v) is 24.7. The van der Waals surface area contributed by atoms with Gasteiger partial charge in [-0.25, -0.2) is 0 Å². The monoisotopic (exact) mass is 548 g/mol. The molecule has 0 saturated heterocycles. The van der Waals surface area contributed by atoms with Gasteiger partial charge in [0, 0.05) is 30.9 Å². The Labute approximate surface area is 244 Å². The number of benzene rings is 6. The summed E-state index contributed by atoms with van der Waals surface area (Å²) in [4.78, 5) is 0. The molecule has 0 aliphatic heterocycles. The van der Waals surface area contributed by atoms with Gasteiger partial charge in [0.2, 0.25) is 0 Å². The minimum atomic E-state index is 0.126. The molecule has 0 fully saturated rings. The summed E-state index contributed by atoms with van der Waals surface area (Å²) in [5.41, 5.74) is 6.20. The topological polar surface area (TPSA) is 13.1 Å². The first-order chi connectivity index (χ1) is 19.8. The van der Waals surface area contributed by atoms with Gasteiger partial charge in [-0.3, -0.25) is 0 Å². The number of hydrogen-bond donors (Lipinski definition) is 0. The van der Waals surface area contributed by atoms with Gasteiger partial charge in [-0.1, -0.05) is 94.4 Å². The van der Waals surface area contributed by atoms with Crippen LogP contribution in [0.15, 0.2) is 108 Å². The molecule has 0 radical (unpaired) electrons. The highest BCUT2D eigenvalue weighted by atomic mass is 32.1. The van der Waals surface area contributed by atoms with Gasteiger partial charge in [-0.15, -0.1) is 11.3 Å². The van der Waals surface area contributed by atoms with Crippen molar-refractivity contribution in [1.82, 2.24) is 0 Å². The Bertz CT molecular complexity index is 2290. The minimum absolute atomic E-state index is 0.126. The highest BCUT2D eigenvalue weighted by Gasteiger charge is 2.19. The van der Waals surface area contributed by atoms with Crippen molar-refractivity contribution in [3.05, 3.63) is 120 Å². The second kappa shape index (κ2) is 8.93. The number of rotatable bonds is 3. The average molecular weight is 549 g/mol. The van der Waals surface area contributed by atoms with E-state index in [9.17, 15) is 0 Å². The van der Waals surface area contributed by atoms with Crippen molar-refractivity contribution in [2.75, 3.05) is 0 Å². The number of thiophene rings is 1. The summed E-state index contributed by atoms with van der Waals surface area (Å²) in [5, 5.41) is 10.5. The Morgan fingerprint density at radius 1 is 0.634 bits per heavy atom. The van der Waals surface area contributed by atoms with Gasteiger partial charge in [0.05, 0.1) is 0 Å². The van der Waals surface area contributed by atoms with E-state index in [2.05, 4.69) is 131 Å². The Morgan fingerprint density at radius 3 is 2.22 bits per heavy atom. The van der Waals surface area contributed by atoms with Crippen molar-refractivity contribution in [2.24, 2.45) is 0 Å². The summed E-state index contributed by atoms with van der Waals surface area (Å²) in [7, 11) is 0. The van der Waals surface area contributed by atoms with E-state index in [1.165, 1.54) is 69.2 Å². The first-order valence-corrected chi connectivity index (χ1v) is 15.4. The summed E-state index contributed by atoms with van der Waals surface area (Å²) in [6.45, 7) is 9.26. The van der Waals surface area contributed by atoms with Crippen LogP contribution < -0.4 is 0 Å². The SMILES string of the molecule is CC(Cc1cc2sc3ccc(C(C)(C)C)cc3c2c2ccccc12)c1ccc2oc3ccc4ccccc4c3c2c1. The zero-order chi connectivity index (χ0) is 27.9. The van der Waals surface area contributed by atoms with E-state index in [0.717, 1.165) is 17.6 Å². The lowest BCUT2D eigenvalue weighted by Gasteiger charge is -2.19. The molecule has 1 unspecified atom stereocenters. The third kappa shape index (κ3) is 3.89. The highest BCUT2D eigenvalue weighted by Crippen LogP contribution is 2.43. The molecular weight excluding hydrogens is 516 g/mol. The van der Waals surface area contributed by atoms with Crippen LogP contribution in [0.25, 0.3) is 63.7 Å². The molecule has 2 heteroatoms. The molecule has 8 aromatic rings. The molecule has 1 atom stereocenters. The van der Waals surface area contributed by atoms with E-state index in [4.69, 9.17) is 4.42 Å². The van der Waals surface area contributed by atoms with E-state index in [1.807, 2.05) is 11.3 Å². The van der Waals surface area contributed by atoms with Gasteiger partial charge in [0.25, 0.3) is 0 Å². The lowest BCUT2D eigenvalue weighted by atomic mass is 9.86. The fraction of sp³-hybridized carbons (Fsp3) is 0.179. The summed E-state index contributed by atoms with van der Waals surface area (Å²) in [5.74, 6) is 0.363. The van der Waals surface area contributed by atoms with Crippen molar-refractivity contribution in [1.29, 1.82) is 0 Å². The zero-order valence-electron chi connectivity index (χ0n) is 23.9. The lowest BCUT2D eigenvalue weighted by molar-refractivity contribution is 0.591. The van der Waals surface area contributed by atoms with Crippen molar-refractivity contribution in [3.63, 3.8) is 0 Å². The molecule has 0 bridgehead atoms. The normalized spacial score (nSPS) is 13.4. The molecular formula is C39H32OS. The van der Waals surface area contributed by atoms with Gasteiger partial charge >= 0.3 is 0 Å². The van der Waals surface area contributed by atoms with Crippen molar-refractivity contribution in [3.8, 4) is 0 Å². The molecule has 41 heavy (non-hydrogen) atoms. The third-order valence-electron chi connectivity index (χ3n) is 8.91. The quantitative estimate of drug-likeness (QED) is 0.214. The second-order valence-electron chi connectivity index (χ2n) is 12.6. The van der Waals surface area contributed by atoms with E-state index >= 15 is 0 Å². The molecule has 6 aromatic carbocycles. The fourth-order valence-corrected chi connectivity index (χ4v) is 7.83. The molecule has 2 aromatic heterocycles. The Balaban J connectivity index is 1.26. The van der Waals surface area contributed by atoms with Crippen LogP contribution in [0.1, 0.15) is 50.3 Å². The van der Waals surface area contributed by atoms with E-state index in [0.29, 0.717) is 5.92 Å². The highest BCUT2D eigenvalue weighted by molar-refractivity contribution is 7.26. The van der Waals surface area contributed by atoms with E-state index in [1.54, 1.807) is 0 Å². The van der Waals surface area contributed by atoms with Crippen LogP contribution in [0.5, 0.6) is 0 Å². The van der Waals surface area contributed by atoms with Crippen molar-refractivity contribution < 1.29 is 4.42 Å². The fourth-order valence-electron chi connectivity index (χ4n) is 6.67. The second-order valence-corrected chi connectivity index (χ2v) is 13.7. The molecule has 200 valence electrons. The first-order valence-electron chi connectivity index (χ1n) is 14.6. The number of hydrogen-bond acceptors (Lipinski definition) is 2. The summed E-state index contributed by atoms with van der Waals surface area (Å²) in [6.07, 6.45) is 0.986. The summed E-state index contributed by atoms with van der Waals surface area (Å²) in [6, 6.07) is 38.2. The summed E-state index contributed by atoms with van der Waals surface area (Å²) >= 11 is 1.93. The lowest BCUT2D eigenvalue weighted by Crippen LogP contribution is -2.10. The predicted molar refractivity (Wildman–Crippen MR) is 179 cm³/mol. The molecule has 0 N–H and O–H groups in total. The molecule has 0 saturated carbocycles. The van der Waals surface area contributed by atoms with Crippen LogP contribution in [0.3, 0.4) is 0 Å². The smallest absolute Gasteiger partial charge is 0.136 e. The van der Waals surface area contributed by atoms with Gasteiger partial charge < -0.3 is 4.42 Å². The van der Waals surface area contributed by atoms with Gasteiger partial charge in [-0.2, -0.15) is 0 Å². The average Bonchev–Trinajstić information content (AvgIpc) is 3.54. The maximum Gasteiger partial charge on any atom is 0.136 e. The Hall–Kier alpha value is -4.14. The third-order valence-corrected chi connectivity index (χ3v) is 10.0. The van der Waals surface area contributed by atoms with Crippen molar-refractivity contribution >= 4 is 75.0 Å². The minimum Gasteiger partial charge on any atom is -0.456 e. The largest absolute Gasteiger partial charge is 0.456 e. The summed E-state index contributed by atoms with van der Waals surface area (Å²) < 4.78 is 9.03. The van der Waals surface area contributed by atoms with Crippen LogP contribution in [-0.4, -0.2) is 0 Å². The van der Waals surface area contributed by atoms with Crippen LogP contribution in [0.2, 0.25) is 0 Å². The van der Waals surface area contributed by atoms with Crippen LogP contribution >= 0.6 is 11.3 Å². The molecule has 0 aliphatic carbocycles. The van der Waals surface area contributed by atoms with Crippen LogP contribution in [0, 0.1) is 0 Å². The van der Waals surface area contributed by atoms with E-state index < -0.39 is 0 Å². The van der Waals surface area contributed by atoms with Crippen molar-refractivity contribution in [2.45, 2.75) is 45.4 Å². The van der Waals surface area contributed by atoms with E-state index in [-0.39, 0.29) is 5.41 Å².